The standard InChI is InChI=1S/C10H14BN3O2/c12-9(15)8(14-10(16)11-13)6-7-4-2-1-3-5-7/h1-5,8,11H,6,13H2,(H2,12,15)(H,14,16)/t8-/m0/s1. The van der Waals surface area contributed by atoms with Crippen molar-refractivity contribution in [1.82, 2.24) is 5.32 Å². The highest BCUT2D eigenvalue weighted by molar-refractivity contribution is 6.70. The van der Waals surface area contributed by atoms with E-state index >= 15 is 0 Å². The molecule has 1 atom stereocenters. The Morgan fingerprint density at radius 3 is 2.44 bits per heavy atom. The van der Waals surface area contributed by atoms with Crippen molar-refractivity contribution in [2.75, 3.05) is 0 Å². The van der Waals surface area contributed by atoms with Crippen molar-refractivity contribution in [3.8, 4) is 0 Å². The van der Waals surface area contributed by atoms with Crippen LogP contribution < -0.4 is 16.7 Å². The van der Waals surface area contributed by atoms with E-state index in [1.54, 1.807) is 0 Å². The number of rotatable bonds is 5. The van der Waals surface area contributed by atoms with Gasteiger partial charge in [0.15, 0.2) is 5.81 Å². The fraction of sp³-hybridized carbons (Fsp3) is 0.200. The summed E-state index contributed by atoms with van der Waals surface area (Å²) in [4.78, 5) is 22.2. The van der Waals surface area contributed by atoms with Crippen LogP contribution in [0.25, 0.3) is 0 Å². The topological polar surface area (TPSA) is 98.2 Å². The van der Waals surface area contributed by atoms with Gasteiger partial charge in [-0.1, -0.05) is 30.3 Å². The fourth-order valence-electron chi connectivity index (χ4n) is 1.33. The molecule has 0 fully saturated rings. The Kier molecular flexibility index (Phi) is 4.53. The first-order valence-corrected chi connectivity index (χ1v) is 4.96. The Labute approximate surface area is 94.5 Å². The first-order valence-electron chi connectivity index (χ1n) is 4.96. The van der Waals surface area contributed by atoms with Crippen LogP contribution in [-0.2, 0) is 11.2 Å². The number of benzene rings is 1. The molecule has 0 saturated carbocycles. The number of nitrogens with two attached hydrogens (primary N) is 2. The van der Waals surface area contributed by atoms with Crippen molar-refractivity contribution in [1.29, 1.82) is 0 Å². The predicted octanol–water partition coefficient (Wildman–Crippen LogP) is -0.897. The smallest absolute Gasteiger partial charge is 0.308 e. The molecule has 0 spiro atoms. The second kappa shape index (κ2) is 5.92. The molecular weight excluding hydrogens is 205 g/mol. The van der Waals surface area contributed by atoms with Crippen LogP contribution in [0.5, 0.6) is 0 Å². The summed E-state index contributed by atoms with van der Waals surface area (Å²) < 4.78 is 0. The summed E-state index contributed by atoms with van der Waals surface area (Å²) in [6.07, 6.45) is 0.377. The number of carbonyl (C=O) groups is 2. The van der Waals surface area contributed by atoms with Crippen molar-refractivity contribution in [3.05, 3.63) is 35.9 Å². The maximum Gasteiger partial charge on any atom is 0.308 e. The molecule has 5 N–H and O–H groups in total. The number of hydrogen-bond donors (Lipinski definition) is 3. The fourth-order valence-corrected chi connectivity index (χ4v) is 1.33. The van der Waals surface area contributed by atoms with Gasteiger partial charge >= 0.3 is 7.41 Å². The van der Waals surface area contributed by atoms with E-state index in [0.29, 0.717) is 6.42 Å². The Morgan fingerprint density at radius 2 is 1.94 bits per heavy atom. The minimum atomic E-state index is -0.710. The summed E-state index contributed by atoms with van der Waals surface area (Å²) >= 11 is 0. The molecule has 0 aliphatic rings. The lowest BCUT2D eigenvalue weighted by Crippen LogP contribution is -2.48. The van der Waals surface area contributed by atoms with E-state index in [1.807, 2.05) is 30.3 Å². The van der Waals surface area contributed by atoms with Crippen molar-refractivity contribution < 1.29 is 9.59 Å². The molecule has 0 saturated heterocycles. The Morgan fingerprint density at radius 1 is 1.31 bits per heavy atom. The maximum atomic E-state index is 11.1. The predicted molar refractivity (Wildman–Crippen MR) is 63.0 cm³/mol. The van der Waals surface area contributed by atoms with Gasteiger partial charge in [-0.2, -0.15) is 0 Å². The maximum absolute atomic E-state index is 11.1. The second-order valence-electron chi connectivity index (χ2n) is 3.42. The first kappa shape index (κ1) is 12.3. The third-order valence-corrected chi connectivity index (χ3v) is 2.15. The van der Waals surface area contributed by atoms with Gasteiger partial charge in [0.25, 0.3) is 0 Å². The average molecular weight is 219 g/mol. The van der Waals surface area contributed by atoms with Crippen molar-refractivity contribution >= 4 is 19.1 Å². The first-order chi connectivity index (χ1) is 7.63. The lowest BCUT2D eigenvalue weighted by Gasteiger charge is -2.14. The number of hydrogen-bond acceptors (Lipinski definition) is 3. The van der Waals surface area contributed by atoms with E-state index in [9.17, 15) is 9.59 Å². The number of amides is 2. The van der Waals surface area contributed by atoms with Gasteiger partial charge < -0.3 is 16.7 Å². The van der Waals surface area contributed by atoms with Gasteiger partial charge in [-0.15, -0.1) is 0 Å². The zero-order chi connectivity index (χ0) is 12.0. The molecule has 0 aliphatic carbocycles. The van der Waals surface area contributed by atoms with E-state index in [1.165, 1.54) is 0 Å². The molecular formula is C10H14BN3O2. The van der Waals surface area contributed by atoms with Crippen LogP contribution in [0.15, 0.2) is 30.3 Å². The van der Waals surface area contributed by atoms with E-state index in [-0.39, 0.29) is 13.2 Å². The monoisotopic (exact) mass is 219 g/mol. The highest BCUT2D eigenvalue weighted by Crippen LogP contribution is 2.02. The van der Waals surface area contributed by atoms with E-state index in [2.05, 4.69) is 5.32 Å². The molecule has 1 aromatic rings. The van der Waals surface area contributed by atoms with Crippen LogP contribution in [0, 0.1) is 0 Å². The van der Waals surface area contributed by atoms with Crippen molar-refractivity contribution in [3.63, 3.8) is 0 Å². The Balaban J connectivity index is 2.65. The van der Waals surface area contributed by atoms with Crippen molar-refractivity contribution in [2.45, 2.75) is 12.5 Å². The van der Waals surface area contributed by atoms with Crippen LogP contribution in [0.2, 0.25) is 0 Å². The summed E-state index contributed by atoms with van der Waals surface area (Å²) in [5, 5.41) is 2.48. The number of carbonyl (C=O) groups excluding carboxylic acids is 2. The highest BCUT2D eigenvalue weighted by Gasteiger charge is 2.17. The third kappa shape index (κ3) is 3.74. The highest BCUT2D eigenvalue weighted by atomic mass is 16.2. The summed E-state index contributed by atoms with van der Waals surface area (Å²) in [5.41, 5.74) is 11.3. The molecule has 1 rings (SSSR count). The number of primary amides is 1. The molecule has 6 heteroatoms. The lowest BCUT2D eigenvalue weighted by molar-refractivity contribution is -0.119. The van der Waals surface area contributed by atoms with Gasteiger partial charge in [0.1, 0.15) is 6.04 Å². The molecule has 0 aromatic heterocycles. The summed E-state index contributed by atoms with van der Waals surface area (Å²) in [5.74, 6) is -0.953. The molecule has 5 nitrogen and oxygen atoms in total. The van der Waals surface area contributed by atoms with Crippen LogP contribution in [0.4, 0.5) is 4.79 Å². The second-order valence-corrected chi connectivity index (χ2v) is 3.42. The van der Waals surface area contributed by atoms with Crippen LogP contribution >= 0.6 is 0 Å². The van der Waals surface area contributed by atoms with Gasteiger partial charge in [-0.25, -0.2) is 0 Å². The van der Waals surface area contributed by atoms with E-state index in [0.717, 1.165) is 5.56 Å². The molecule has 2 amide bonds. The molecule has 0 unspecified atom stereocenters. The summed E-state index contributed by atoms with van der Waals surface area (Å²) in [6.45, 7) is 0. The van der Waals surface area contributed by atoms with Crippen LogP contribution in [-0.4, -0.2) is 25.2 Å². The van der Waals surface area contributed by atoms with Crippen LogP contribution in [0.1, 0.15) is 5.56 Å². The molecule has 1 aromatic carbocycles. The molecule has 0 bridgehead atoms. The lowest BCUT2D eigenvalue weighted by atomic mass is 9.94. The average Bonchev–Trinajstić information content (AvgIpc) is 2.29. The van der Waals surface area contributed by atoms with Gasteiger partial charge in [0, 0.05) is 6.42 Å². The van der Waals surface area contributed by atoms with Gasteiger partial charge in [0.05, 0.1) is 0 Å². The molecule has 84 valence electrons. The largest absolute Gasteiger partial charge is 0.368 e. The normalized spacial score (nSPS) is 11.6. The molecule has 0 aliphatic heterocycles. The quantitative estimate of drug-likeness (QED) is 0.560. The number of nitrogens with one attached hydrogen (secondary N) is 1. The van der Waals surface area contributed by atoms with Gasteiger partial charge in [-0.3, -0.25) is 9.59 Å². The van der Waals surface area contributed by atoms with E-state index in [4.69, 9.17) is 11.4 Å². The van der Waals surface area contributed by atoms with Crippen LogP contribution in [0.3, 0.4) is 0 Å². The molecule has 0 radical (unpaired) electrons. The Hall–Kier alpha value is -1.82. The SMILES string of the molecule is NBC(=O)N[C@@H](Cc1ccccc1)C(N)=O. The minimum absolute atomic E-state index is 0.154. The summed E-state index contributed by atoms with van der Waals surface area (Å²) in [6, 6.07) is 8.62. The van der Waals surface area contributed by atoms with Crippen molar-refractivity contribution in [2.24, 2.45) is 11.4 Å². The van der Waals surface area contributed by atoms with Gasteiger partial charge in [0.2, 0.25) is 5.91 Å². The van der Waals surface area contributed by atoms with Gasteiger partial charge in [-0.05, 0) is 5.56 Å². The zero-order valence-corrected chi connectivity index (χ0v) is 8.85. The summed E-state index contributed by atoms with van der Waals surface area (Å²) in [7, 11) is -0.154. The Bertz CT molecular complexity index is 370. The minimum Gasteiger partial charge on any atom is -0.368 e. The molecule has 0 heterocycles. The zero-order valence-electron chi connectivity index (χ0n) is 8.85. The third-order valence-electron chi connectivity index (χ3n) is 2.15. The van der Waals surface area contributed by atoms with E-state index < -0.39 is 11.9 Å². The molecule has 16 heavy (non-hydrogen) atoms.